The number of nitrogens with zero attached hydrogens (tertiary/aromatic N) is 2. The molecule has 0 bridgehead atoms. The molecular weight excluding hydrogens is 251 g/mol. The number of methoxy groups -OCH3 is 1. The molecule has 19 heavy (non-hydrogen) atoms. The number of rotatable bonds is 5. The molecule has 0 fully saturated rings. The van der Waals surface area contributed by atoms with Crippen LogP contribution in [0.15, 0.2) is 18.2 Å². The van der Waals surface area contributed by atoms with Crippen LogP contribution < -0.4 is 0 Å². The lowest BCUT2D eigenvalue weighted by Gasteiger charge is -2.02. The first-order chi connectivity index (χ1) is 9.15. The quantitative estimate of drug-likeness (QED) is 0.611. The Balaban J connectivity index is 2.23. The van der Waals surface area contributed by atoms with Gasteiger partial charge in [-0.2, -0.15) is 5.10 Å². The summed E-state index contributed by atoms with van der Waals surface area (Å²) in [4.78, 5) is 21.9. The second-order valence-corrected chi connectivity index (χ2v) is 4.07. The molecule has 0 N–H and O–H groups in total. The highest BCUT2D eigenvalue weighted by Crippen LogP contribution is 2.19. The van der Waals surface area contributed by atoms with Crippen LogP contribution >= 0.6 is 0 Å². The molecule has 0 saturated carbocycles. The highest BCUT2D eigenvalue weighted by molar-refractivity contribution is 5.95. The molecule has 1 heterocycles. The van der Waals surface area contributed by atoms with Gasteiger partial charge < -0.3 is 4.74 Å². The number of fused-ring (bicyclic) bond motifs is 1. The molecule has 1 aromatic carbocycles. The van der Waals surface area contributed by atoms with E-state index in [4.69, 9.17) is 0 Å². The van der Waals surface area contributed by atoms with Crippen LogP contribution in [0, 0.1) is 5.82 Å². The molecule has 6 heteroatoms. The van der Waals surface area contributed by atoms with Crippen LogP contribution in [0.1, 0.15) is 23.3 Å². The van der Waals surface area contributed by atoms with E-state index in [9.17, 15) is 14.0 Å². The van der Waals surface area contributed by atoms with Gasteiger partial charge in [0.05, 0.1) is 12.6 Å². The number of carbonyl (C=O) groups is 2. The van der Waals surface area contributed by atoms with E-state index in [-0.39, 0.29) is 18.1 Å². The van der Waals surface area contributed by atoms with Crippen molar-refractivity contribution in [3.63, 3.8) is 0 Å². The predicted octanol–water partition coefficient (Wildman–Crippen LogP) is 1.94. The van der Waals surface area contributed by atoms with Crippen molar-refractivity contribution in [3.8, 4) is 0 Å². The number of carbonyl (C=O) groups excluding carboxylic acids is 2. The molecule has 0 saturated heterocycles. The van der Waals surface area contributed by atoms with Gasteiger partial charge in [-0.25, -0.2) is 4.39 Å². The van der Waals surface area contributed by atoms with E-state index in [2.05, 4.69) is 9.84 Å². The Morgan fingerprint density at radius 2 is 2.32 bits per heavy atom. The molecule has 0 aliphatic heterocycles. The molecule has 100 valence electrons. The van der Waals surface area contributed by atoms with Crippen LogP contribution in [-0.2, 0) is 16.1 Å². The smallest absolute Gasteiger partial charge is 0.305 e. The number of benzene rings is 1. The summed E-state index contributed by atoms with van der Waals surface area (Å²) in [6, 6.07) is 4.17. The maximum Gasteiger partial charge on any atom is 0.305 e. The van der Waals surface area contributed by atoms with Crippen molar-refractivity contribution < 1.29 is 18.7 Å². The van der Waals surface area contributed by atoms with Crippen molar-refractivity contribution in [1.82, 2.24) is 9.78 Å². The molecule has 1 aromatic heterocycles. The number of ether oxygens (including phenoxy) is 1. The van der Waals surface area contributed by atoms with Crippen LogP contribution in [0.2, 0.25) is 0 Å². The summed E-state index contributed by atoms with van der Waals surface area (Å²) in [5.74, 6) is -0.706. The number of hydrogen-bond donors (Lipinski definition) is 0. The van der Waals surface area contributed by atoms with Crippen LogP contribution in [0.25, 0.3) is 10.9 Å². The first kappa shape index (κ1) is 13.2. The first-order valence-corrected chi connectivity index (χ1v) is 5.83. The second-order valence-electron chi connectivity index (χ2n) is 4.07. The minimum Gasteiger partial charge on any atom is -0.469 e. The van der Waals surface area contributed by atoms with Gasteiger partial charge in [-0.3, -0.25) is 14.3 Å². The standard InChI is InChI=1S/C13H13FN2O3/c1-19-13(18)3-2-6-16-12-5-4-9(14)7-10(12)11(8-17)15-16/h4-5,7-8H,2-3,6H2,1H3. The van der Waals surface area contributed by atoms with E-state index in [1.54, 1.807) is 10.7 Å². The maximum absolute atomic E-state index is 13.2. The van der Waals surface area contributed by atoms with Gasteiger partial charge >= 0.3 is 5.97 Å². The summed E-state index contributed by atoms with van der Waals surface area (Å²) >= 11 is 0. The zero-order valence-electron chi connectivity index (χ0n) is 10.4. The van der Waals surface area contributed by atoms with Gasteiger partial charge in [0.2, 0.25) is 0 Å². The van der Waals surface area contributed by atoms with Gasteiger partial charge in [-0.05, 0) is 24.6 Å². The molecule has 0 amide bonds. The average Bonchev–Trinajstić information content (AvgIpc) is 2.76. The summed E-state index contributed by atoms with van der Waals surface area (Å²) in [5.41, 5.74) is 0.876. The van der Waals surface area contributed by atoms with Gasteiger partial charge in [-0.1, -0.05) is 0 Å². The van der Waals surface area contributed by atoms with E-state index >= 15 is 0 Å². The number of esters is 1. The van der Waals surface area contributed by atoms with E-state index in [1.807, 2.05) is 0 Å². The molecule has 0 radical (unpaired) electrons. The third-order valence-electron chi connectivity index (χ3n) is 2.83. The fourth-order valence-corrected chi connectivity index (χ4v) is 1.91. The van der Waals surface area contributed by atoms with Crippen LogP contribution in [-0.4, -0.2) is 29.1 Å². The van der Waals surface area contributed by atoms with Gasteiger partial charge in [0.1, 0.15) is 11.5 Å². The second kappa shape index (κ2) is 5.60. The Bertz CT molecular complexity index is 622. The van der Waals surface area contributed by atoms with Crippen molar-refractivity contribution in [2.75, 3.05) is 7.11 Å². The summed E-state index contributed by atoms with van der Waals surface area (Å²) < 4.78 is 19.3. The summed E-state index contributed by atoms with van der Waals surface area (Å²) in [6.45, 7) is 0.463. The van der Waals surface area contributed by atoms with Crippen LogP contribution in [0.4, 0.5) is 4.39 Å². The van der Waals surface area contributed by atoms with Gasteiger partial charge in [0, 0.05) is 18.4 Å². The molecule has 0 aliphatic carbocycles. The number of aromatic nitrogens is 2. The van der Waals surface area contributed by atoms with Crippen molar-refractivity contribution >= 4 is 23.2 Å². The highest BCUT2D eigenvalue weighted by atomic mass is 19.1. The first-order valence-electron chi connectivity index (χ1n) is 5.83. The van der Waals surface area contributed by atoms with E-state index in [0.29, 0.717) is 30.2 Å². The van der Waals surface area contributed by atoms with E-state index in [0.717, 1.165) is 0 Å². The lowest BCUT2D eigenvalue weighted by molar-refractivity contribution is -0.140. The predicted molar refractivity (Wildman–Crippen MR) is 66.3 cm³/mol. The highest BCUT2D eigenvalue weighted by Gasteiger charge is 2.11. The van der Waals surface area contributed by atoms with Gasteiger partial charge in [0.25, 0.3) is 0 Å². The zero-order chi connectivity index (χ0) is 13.8. The Hall–Kier alpha value is -2.24. The molecule has 2 aromatic rings. The van der Waals surface area contributed by atoms with Crippen molar-refractivity contribution in [2.24, 2.45) is 0 Å². The molecule has 0 aliphatic rings. The number of hydrogen-bond acceptors (Lipinski definition) is 4. The molecule has 0 spiro atoms. The molecule has 0 unspecified atom stereocenters. The maximum atomic E-state index is 13.2. The van der Waals surface area contributed by atoms with E-state index < -0.39 is 5.82 Å². The number of aryl methyl sites for hydroxylation is 1. The Morgan fingerprint density at radius 3 is 3.00 bits per heavy atom. The Morgan fingerprint density at radius 1 is 1.53 bits per heavy atom. The lowest BCUT2D eigenvalue weighted by Crippen LogP contribution is -2.05. The normalized spacial score (nSPS) is 10.6. The molecule has 0 atom stereocenters. The Labute approximate surface area is 109 Å². The minimum atomic E-state index is -0.412. The van der Waals surface area contributed by atoms with Gasteiger partial charge in [0.15, 0.2) is 6.29 Å². The molecular formula is C13H13FN2O3. The summed E-state index contributed by atoms with van der Waals surface area (Å²) in [5, 5.41) is 4.58. The van der Waals surface area contributed by atoms with Crippen LogP contribution in [0.5, 0.6) is 0 Å². The van der Waals surface area contributed by atoms with Gasteiger partial charge in [-0.15, -0.1) is 0 Å². The minimum absolute atomic E-state index is 0.201. The average molecular weight is 264 g/mol. The van der Waals surface area contributed by atoms with Crippen molar-refractivity contribution in [2.45, 2.75) is 19.4 Å². The fourth-order valence-electron chi connectivity index (χ4n) is 1.91. The largest absolute Gasteiger partial charge is 0.469 e. The SMILES string of the molecule is COC(=O)CCCn1nc(C=O)c2cc(F)ccc21. The molecule has 5 nitrogen and oxygen atoms in total. The zero-order valence-corrected chi connectivity index (χ0v) is 10.4. The summed E-state index contributed by atoms with van der Waals surface area (Å²) in [7, 11) is 1.33. The molecule has 2 rings (SSSR count). The third kappa shape index (κ3) is 2.78. The fraction of sp³-hybridized carbons (Fsp3) is 0.308. The van der Waals surface area contributed by atoms with Crippen molar-refractivity contribution in [3.05, 3.63) is 29.7 Å². The van der Waals surface area contributed by atoms with E-state index in [1.165, 1.54) is 19.2 Å². The Kier molecular flexibility index (Phi) is 3.89. The monoisotopic (exact) mass is 264 g/mol. The topological polar surface area (TPSA) is 61.2 Å². The number of aldehydes is 1. The number of halogens is 1. The van der Waals surface area contributed by atoms with Crippen LogP contribution in [0.3, 0.4) is 0 Å². The third-order valence-corrected chi connectivity index (χ3v) is 2.83. The lowest BCUT2D eigenvalue weighted by atomic mass is 10.2. The summed E-state index contributed by atoms with van der Waals surface area (Å²) in [6.07, 6.45) is 1.41. The van der Waals surface area contributed by atoms with Crippen molar-refractivity contribution in [1.29, 1.82) is 0 Å².